The van der Waals surface area contributed by atoms with E-state index >= 15 is 0 Å². The molecule has 0 amide bonds. The predicted octanol–water partition coefficient (Wildman–Crippen LogP) is -3.39. The molecule has 16 heavy (non-hydrogen) atoms. The van der Waals surface area contributed by atoms with Gasteiger partial charge in [-0.3, -0.25) is 17.4 Å². The van der Waals surface area contributed by atoms with Gasteiger partial charge in [0.2, 0.25) is 0 Å². The van der Waals surface area contributed by atoms with Crippen molar-refractivity contribution >= 4 is 37.5 Å². The molecule has 1 saturated heterocycles. The summed E-state index contributed by atoms with van der Waals surface area (Å²) in [4.78, 5) is 21.8. The maximum Gasteiger partial charge on any atom is 1.12 e. The normalized spacial score (nSPS) is 27.1. The molecule has 1 aliphatic rings. The third-order valence-electron chi connectivity index (χ3n) is 1.41. The molecule has 90 valence electrons. The van der Waals surface area contributed by atoms with Crippen molar-refractivity contribution in [1.29, 1.82) is 0 Å². The van der Waals surface area contributed by atoms with Gasteiger partial charge in [-0.15, -0.1) is 0 Å². The Labute approximate surface area is 93.7 Å². The number of carbonyl (C=O) groups is 2. The quantitative estimate of drug-likeness (QED) is 0.342. The van der Waals surface area contributed by atoms with Crippen LogP contribution < -0.4 is 0 Å². The number of aliphatic hydroxyl groups is 2. The maximum atomic E-state index is 10.9. The van der Waals surface area contributed by atoms with Crippen molar-refractivity contribution in [3.05, 3.63) is 0 Å². The molecule has 0 aromatic heterocycles. The van der Waals surface area contributed by atoms with Crippen LogP contribution in [0.15, 0.2) is 0 Å². The molecule has 1 rings (SSSR count). The van der Waals surface area contributed by atoms with Gasteiger partial charge < -0.3 is 17.8 Å². The Morgan fingerprint density at radius 2 is 1.50 bits per heavy atom. The smallest absolute Gasteiger partial charge is 0.559 e. The van der Waals surface area contributed by atoms with Gasteiger partial charge in [0.1, 0.15) is 0 Å². The SMILES string of the molecule is O=C1[O][Al]([O]S(=O)(=O)O)[O]C(=O)C(O)C1O. The molecule has 0 saturated carbocycles. The van der Waals surface area contributed by atoms with Gasteiger partial charge in [0.15, 0.2) is 12.2 Å². The second-order valence-electron chi connectivity index (χ2n) is 2.58. The molecule has 0 bridgehead atoms. The summed E-state index contributed by atoms with van der Waals surface area (Å²) in [5.41, 5.74) is 0. The summed E-state index contributed by atoms with van der Waals surface area (Å²) in [5.74, 6) is -2.97. The summed E-state index contributed by atoms with van der Waals surface area (Å²) in [6.45, 7) is 0. The maximum absolute atomic E-state index is 10.9. The lowest BCUT2D eigenvalue weighted by Crippen LogP contribution is -2.38. The van der Waals surface area contributed by atoms with E-state index in [-0.39, 0.29) is 0 Å². The molecule has 0 aromatic rings. The number of aliphatic hydroxyl groups excluding tert-OH is 2. The molecule has 0 radical (unpaired) electrons. The third kappa shape index (κ3) is 3.39. The number of hydrogen-bond acceptors (Lipinski definition) is 9. The van der Waals surface area contributed by atoms with Crippen LogP contribution in [0.3, 0.4) is 0 Å². The van der Waals surface area contributed by atoms with Crippen LogP contribution >= 0.6 is 0 Å². The van der Waals surface area contributed by atoms with Gasteiger partial charge in [-0.05, 0) is 0 Å². The van der Waals surface area contributed by atoms with Gasteiger partial charge in [0.05, 0.1) is 0 Å². The minimum atomic E-state index is -4.98. The average molecular weight is 272 g/mol. The highest BCUT2D eigenvalue weighted by Crippen LogP contribution is 2.10. The van der Waals surface area contributed by atoms with Crippen LogP contribution in [-0.4, -0.2) is 62.5 Å². The van der Waals surface area contributed by atoms with Crippen molar-refractivity contribution in [3.8, 4) is 0 Å². The van der Waals surface area contributed by atoms with Gasteiger partial charge in [0, 0.05) is 0 Å². The molecule has 0 aliphatic carbocycles. The molecule has 1 fully saturated rings. The predicted molar refractivity (Wildman–Crippen MR) is 42.6 cm³/mol. The Morgan fingerprint density at radius 1 is 1.12 bits per heavy atom. The first-order valence-corrected chi connectivity index (χ1v) is 6.41. The Balaban J connectivity index is 2.84. The van der Waals surface area contributed by atoms with Crippen molar-refractivity contribution in [2.75, 3.05) is 0 Å². The molecule has 1 heterocycles. The summed E-state index contributed by atoms with van der Waals surface area (Å²) < 4.78 is 40.7. The van der Waals surface area contributed by atoms with Gasteiger partial charge >= 0.3 is 37.5 Å². The van der Waals surface area contributed by atoms with Crippen LogP contribution in [0.2, 0.25) is 0 Å². The molecule has 3 N–H and O–H groups in total. The van der Waals surface area contributed by atoms with Crippen LogP contribution in [0.25, 0.3) is 0 Å². The first-order valence-electron chi connectivity index (χ1n) is 3.63. The van der Waals surface area contributed by atoms with Crippen molar-refractivity contribution in [1.82, 2.24) is 0 Å². The third-order valence-corrected chi connectivity index (χ3v) is 3.86. The largest absolute Gasteiger partial charge is 1.12 e. The van der Waals surface area contributed by atoms with E-state index in [0.29, 0.717) is 0 Å². The lowest BCUT2D eigenvalue weighted by Gasteiger charge is -2.08. The highest BCUT2D eigenvalue weighted by molar-refractivity contribution is 7.81. The van der Waals surface area contributed by atoms with Crippen molar-refractivity contribution < 1.29 is 43.6 Å². The van der Waals surface area contributed by atoms with Crippen LogP contribution in [0.5, 0.6) is 0 Å². The van der Waals surface area contributed by atoms with Crippen molar-refractivity contribution in [3.63, 3.8) is 0 Å². The van der Waals surface area contributed by atoms with Gasteiger partial charge in [-0.1, -0.05) is 0 Å². The summed E-state index contributed by atoms with van der Waals surface area (Å²) in [6, 6.07) is 0. The van der Waals surface area contributed by atoms with Gasteiger partial charge in [0.25, 0.3) is 0 Å². The van der Waals surface area contributed by atoms with E-state index in [4.69, 9.17) is 14.8 Å². The highest BCUT2D eigenvalue weighted by atomic mass is 32.3. The lowest BCUT2D eigenvalue weighted by molar-refractivity contribution is -0.156. The second kappa shape index (κ2) is 4.64. The second-order valence-corrected chi connectivity index (χ2v) is 5.25. The van der Waals surface area contributed by atoms with Crippen LogP contribution in [0.4, 0.5) is 0 Å². The molecular weight excluding hydrogens is 267 g/mol. The number of carbonyl (C=O) groups excluding carboxylic acids is 2. The fraction of sp³-hybridized carbons (Fsp3) is 0.500. The summed E-state index contributed by atoms with van der Waals surface area (Å²) in [7, 11) is -4.98. The Kier molecular flexibility index (Phi) is 3.86. The Hall–Kier alpha value is -0.738. The fourth-order valence-electron chi connectivity index (χ4n) is 0.750. The zero-order chi connectivity index (χ0) is 12.5. The van der Waals surface area contributed by atoms with E-state index in [1.165, 1.54) is 0 Å². The fourth-order valence-corrected chi connectivity index (χ4v) is 2.56. The molecule has 2 atom stereocenters. The van der Waals surface area contributed by atoms with E-state index in [9.17, 15) is 18.0 Å². The van der Waals surface area contributed by atoms with Gasteiger partial charge in [-0.25, -0.2) is 0 Å². The van der Waals surface area contributed by atoms with E-state index in [1.807, 2.05) is 0 Å². The molecule has 12 heteroatoms. The van der Waals surface area contributed by atoms with E-state index in [2.05, 4.69) is 10.8 Å². The molecule has 0 aromatic carbocycles. The zero-order valence-corrected chi connectivity index (χ0v) is 9.31. The lowest BCUT2D eigenvalue weighted by atomic mass is 10.2. The standard InChI is InChI=1S/C4H6O6.Al.H2O4S/c5-1(3(7)8)2(6)4(9)10;;1-5(2,3)4/h1-2,5-6H,(H,7,8)(H,9,10);;(H2,1,2,3,4)/q;+3;/p-3. The van der Waals surface area contributed by atoms with E-state index in [1.54, 1.807) is 0 Å². The van der Waals surface area contributed by atoms with Crippen molar-refractivity contribution in [2.24, 2.45) is 0 Å². The Bertz CT molecular complexity index is 379. The number of rotatable bonds is 2. The highest BCUT2D eigenvalue weighted by Gasteiger charge is 2.54. The molecule has 0 spiro atoms. The number of hydrogen-bond donors (Lipinski definition) is 3. The summed E-state index contributed by atoms with van der Waals surface area (Å²) >= 11 is -3.85. The average Bonchev–Trinajstić information content (AvgIpc) is 2.18. The first-order chi connectivity index (χ1) is 7.20. The summed E-state index contributed by atoms with van der Waals surface area (Å²) in [5, 5.41) is 17.9. The molecular formula is C4H5AlO10S. The Morgan fingerprint density at radius 3 is 1.81 bits per heavy atom. The van der Waals surface area contributed by atoms with Crippen LogP contribution in [0, 0.1) is 0 Å². The van der Waals surface area contributed by atoms with Crippen LogP contribution in [-0.2, 0) is 30.8 Å². The van der Waals surface area contributed by atoms with Crippen molar-refractivity contribution in [2.45, 2.75) is 12.2 Å². The monoisotopic (exact) mass is 272 g/mol. The molecule has 10 nitrogen and oxygen atoms in total. The first kappa shape index (κ1) is 13.3. The molecule has 1 aliphatic heterocycles. The summed E-state index contributed by atoms with van der Waals surface area (Å²) in [6.07, 6.45) is -4.40. The minimum Gasteiger partial charge on any atom is -0.559 e. The van der Waals surface area contributed by atoms with Gasteiger partial charge in [-0.2, -0.15) is 8.42 Å². The molecule has 2 unspecified atom stereocenters. The van der Waals surface area contributed by atoms with E-state index < -0.39 is 49.7 Å². The van der Waals surface area contributed by atoms with E-state index in [0.717, 1.165) is 0 Å². The van der Waals surface area contributed by atoms with Crippen LogP contribution in [0.1, 0.15) is 0 Å². The minimum absolute atomic E-state index is 1.49. The topological polar surface area (TPSA) is 157 Å². The zero-order valence-electron chi connectivity index (χ0n) is 7.34.